The van der Waals surface area contributed by atoms with Crippen molar-refractivity contribution in [1.29, 1.82) is 0 Å². The Kier molecular flexibility index (Phi) is 4.04. The van der Waals surface area contributed by atoms with Crippen LogP contribution in [0.1, 0.15) is 15.9 Å². The first kappa shape index (κ1) is 15.6. The maximum atomic E-state index is 12.8. The van der Waals surface area contributed by atoms with E-state index in [2.05, 4.69) is 0 Å². The molecule has 4 aromatic carbocycles. The number of hydrogen-bond acceptors (Lipinski definition) is 2. The number of fused-ring (bicyclic) bond motifs is 2. The first-order valence-corrected chi connectivity index (χ1v) is 8.41. The summed E-state index contributed by atoms with van der Waals surface area (Å²) in [5, 5.41) is 14.7. The summed E-state index contributed by atoms with van der Waals surface area (Å²) in [6.45, 7) is 0. The lowest BCUT2D eigenvalue weighted by Gasteiger charge is -2.13. The van der Waals surface area contributed by atoms with E-state index in [1.165, 1.54) is 0 Å². The average Bonchev–Trinajstić information content (AvgIpc) is 2.67. The number of rotatable bonds is 4. The Bertz CT molecular complexity index is 1060. The van der Waals surface area contributed by atoms with E-state index in [4.69, 9.17) is 0 Å². The lowest BCUT2D eigenvalue weighted by Crippen LogP contribution is -2.23. The first-order valence-electron chi connectivity index (χ1n) is 8.41. The lowest BCUT2D eigenvalue weighted by molar-refractivity contribution is 0.0750. The van der Waals surface area contributed by atoms with E-state index in [-0.39, 0.29) is 5.78 Å². The Morgan fingerprint density at radius 2 is 1.28 bits per heavy atom. The Labute approximate surface area is 146 Å². The standard InChI is InChI=1S/C23H18O2/c24-22(15-18-11-5-9-16-7-1-3-12-19(16)18)23(25)21-14-6-10-17-8-2-4-13-20(17)21/h1-14,22,24H,15H2. The molecule has 4 aromatic rings. The molecule has 0 saturated carbocycles. The predicted octanol–water partition coefficient (Wildman–Crippen LogP) is 4.78. The second kappa shape index (κ2) is 6.50. The Morgan fingerprint density at radius 3 is 2.04 bits per heavy atom. The van der Waals surface area contributed by atoms with Crippen molar-refractivity contribution in [2.45, 2.75) is 12.5 Å². The van der Waals surface area contributed by atoms with Crippen LogP contribution in [0.15, 0.2) is 84.9 Å². The summed E-state index contributed by atoms with van der Waals surface area (Å²) in [7, 11) is 0. The molecule has 0 amide bonds. The van der Waals surface area contributed by atoms with Gasteiger partial charge in [-0.15, -0.1) is 0 Å². The third-order valence-corrected chi connectivity index (χ3v) is 4.65. The number of ketones is 1. The minimum Gasteiger partial charge on any atom is -0.385 e. The second-order valence-electron chi connectivity index (χ2n) is 6.25. The molecule has 1 N–H and O–H groups in total. The molecule has 0 aliphatic carbocycles. The van der Waals surface area contributed by atoms with Crippen LogP contribution in [0.4, 0.5) is 0 Å². The number of carbonyl (C=O) groups is 1. The summed E-state index contributed by atoms with van der Waals surface area (Å²) in [6.07, 6.45) is -0.750. The molecule has 0 fully saturated rings. The van der Waals surface area contributed by atoms with Crippen LogP contribution in [0, 0.1) is 0 Å². The van der Waals surface area contributed by atoms with Crippen LogP contribution in [0.5, 0.6) is 0 Å². The van der Waals surface area contributed by atoms with E-state index >= 15 is 0 Å². The van der Waals surface area contributed by atoms with Crippen LogP contribution in [0.25, 0.3) is 21.5 Å². The summed E-state index contributed by atoms with van der Waals surface area (Å²) >= 11 is 0. The van der Waals surface area contributed by atoms with Gasteiger partial charge < -0.3 is 5.11 Å². The van der Waals surface area contributed by atoms with Crippen molar-refractivity contribution in [2.24, 2.45) is 0 Å². The van der Waals surface area contributed by atoms with Crippen molar-refractivity contribution in [1.82, 2.24) is 0 Å². The maximum Gasteiger partial charge on any atom is 0.192 e. The molecule has 0 bridgehead atoms. The topological polar surface area (TPSA) is 37.3 Å². The van der Waals surface area contributed by atoms with Gasteiger partial charge in [0.2, 0.25) is 0 Å². The molecule has 2 nitrogen and oxygen atoms in total. The normalized spacial score (nSPS) is 12.4. The summed E-state index contributed by atoms with van der Waals surface area (Å²) in [6, 6.07) is 27.4. The number of hydrogen-bond donors (Lipinski definition) is 1. The molecule has 0 aliphatic rings. The van der Waals surface area contributed by atoms with Crippen LogP contribution in [-0.2, 0) is 6.42 Å². The zero-order valence-corrected chi connectivity index (χ0v) is 13.7. The molecule has 0 saturated heterocycles. The number of aliphatic hydroxyl groups excluding tert-OH is 1. The summed E-state index contributed by atoms with van der Waals surface area (Å²) < 4.78 is 0. The van der Waals surface area contributed by atoms with Gasteiger partial charge in [0, 0.05) is 12.0 Å². The molecule has 0 spiro atoms. The highest BCUT2D eigenvalue weighted by atomic mass is 16.3. The molecule has 1 unspecified atom stereocenters. The van der Waals surface area contributed by atoms with Crippen LogP contribution in [-0.4, -0.2) is 17.0 Å². The molecule has 4 rings (SSSR count). The number of Topliss-reactive ketones (excluding diaryl/α,β-unsaturated/α-hetero) is 1. The van der Waals surface area contributed by atoms with Gasteiger partial charge in [-0.1, -0.05) is 84.9 Å². The van der Waals surface area contributed by atoms with Gasteiger partial charge in [-0.05, 0) is 27.1 Å². The molecule has 0 radical (unpaired) electrons. The zero-order chi connectivity index (χ0) is 17.2. The van der Waals surface area contributed by atoms with E-state index in [1.807, 2.05) is 78.9 Å². The highest BCUT2D eigenvalue weighted by molar-refractivity contribution is 6.10. The van der Waals surface area contributed by atoms with Gasteiger partial charge in [0.25, 0.3) is 0 Å². The smallest absolute Gasteiger partial charge is 0.192 e. The van der Waals surface area contributed by atoms with Gasteiger partial charge in [-0.25, -0.2) is 0 Å². The number of benzene rings is 4. The zero-order valence-electron chi connectivity index (χ0n) is 13.7. The van der Waals surface area contributed by atoms with E-state index in [1.54, 1.807) is 6.07 Å². The van der Waals surface area contributed by atoms with Crippen molar-refractivity contribution < 1.29 is 9.90 Å². The maximum absolute atomic E-state index is 12.8. The van der Waals surface area contributed by atoms with Gasteiger partial charge in [0.1, 0.15) is 6.10 Å². The second-order valence-corrected chi connectivity index (χ2v) is 6.25. The summed E-state index contributed by atoms with van der Waals surface area (Å²) in [5.74, 6) is -0.232. The van der Waals surface area contributed by atoms with Gasteiger partial charge in [-0.3, -0.25) is 4.79 Å². The minimum atomic E-state index is -1.06. The minimum absolute atomic E-state index is 0.232. The SMILES string of the molecule is O=C(c1cccc2ccccc12)C(O)Cc1cccc2ccccc12. The number of aliphatic hydroxyl groups is 1. The van der Waals surface area contributed by atoms with Crippen molar-refractivity contribution in [2.75, 3.05) is 0 Å². The summed E-state index contributed by atoms with van der Waals surface area (Å²) in [4.78, 5) is 12.8. The van der Waals surface area contributed by atoms with Gasteiger partial charge in [0.15, 0.2) is 5.78 Å². The fourth-order valence-electron chi connectivity index (χ4n) is 3.39. The molecular weight excluding hydrogens is 308 g/mol. The van der Waals surface area contributed by atoms with Gasteiger partial charge in [0.05, 0.1) is 0 Å². The quantitative estimate of drug-likeness (QED) is 0.548. The Balaban J connectivity index is 1.68. The number of carbonyl (C=O) groups excluding carboxylic acids is 1. The summed E-state index contributed by atoms with van der Waals surface area (Å²) in [5.41, 5.74) is 1.56. The molecule has 1 atom stereocenters. The molecule has 0 aliphatic heterocycles. The molecule has 25 heavy (non-hydrogen) atoms. The van der Waals surface area contributed by atoms with Gasteiger partial charge in [-0.2, -0.15) is 0 Å². The van der Waals surface area contributed by atoms with Crippen LogP contribution >= 0.6 is 0 Å². The first-order chi connectivity index (χ1) is 12.2. The molecule has 2 heteroatoms. The third-order valence-electron chi connectivity index (χ3n) is 4.65. The molecule has 122 valence electrons. The average molecular weight is 326 g/mol. The van der Waals surface area contributed by atoms with E-state index in [0.717, 1.165) is 27.1 Å². The largest absolute Gasteiger partial charge is 0.385 e. The Morgan fingerprint density at radius 1 is 0.720 bits per heavy atom. The van der Waals surface area contributed by atoms with Crippen molar-refractivity contribution >= 4 is 27.3 Å². The van der Waals surface area contributed by atoms with E-state index in [9.17, 15) is 9.90 Å². The van der Waals surface area contributed by atoms with Crippen molar-refractivity contribution in [3.05, 3.63) is 96.1 Å². The van der Waals surface area contributed by atoms with E-state index < -0.39 is 6.10 Å². The fraction of sp³-hybridized carbons (Fsp3) is 0.0870. The van der Waals surface area contributed by atoms with Gasteiger partial charge >= 0.3 is 0 Å². The van der Waals surface area contributed by atoms with E-state index in [0.29, 0.717) is 12.0 Å². The molecule has 0 heterocycles. The monoisotopic (exact) mass is 326 g/mol. The fourth-order valence-corrected chi connectivity index (χ4v) is 3.39. The van der Waals surface area contributed by atoms with Crippen molar-refractivity contribution in [3.63, 3.8) is 0 Å². The molecular formula is C23H18O2. The van der Waals surface area contributed by atoms with Crippen LogP contribution in [0.2, 0.25) is 0 Å². The highest BCUT2D eigenvalue weighted by Gasteiger charge is 2.20. The lowest BCUT2D eigenvalue weighted by atomic mass is 9.94. The predicted molar refractivity (Wildman–Crippen MR) is 102 cm³/mol. The van der Waals surface area contributed by atoms with Crippen molar-refractivity contribution in [3.8, 4) is 0 Å². The van der Waals surface area contributed by atoms with Crippen LogP contribution < -0.4 is 0 Å². The Hall–Kier alpha value is -2.97. The van der Waals surface area contributed by atoms with Crippen LogP contribution in [0.3, 0.4) is 0 Å². The highest BCUT2D eigenvalue weighted by Crippen LogP contribution is 2.23. The third kappa shape index (κ3) is 2.92. The molecule has 0 aromatic heterocycles.